The van der Waals surface area contributed by atoms with E-state index in [9.17, 15) is 4.79 Å². The Bertz CT molecular complexity index is 1760. The molecule has 2 N–H and O–H groups in total. The van der Waals surface area contributed by atoms with E-state index in [1.54, 1.807) is 18.3 Å². The van der Waals surface area contributed by atoms with E-state index in [0.29, 0.717) is 30.4 Å². The highest BCUT2D eigenvalue weighted by atomic mass is 32.2. The topological polar surface area (TPSA) is 116 Å². The number of nitrogens with one attached hydrogen (secondary N) is 2. The van der Waals surface area contributed by atoms with Crippen LogP contribution < -0.4 is 15.5 Å². The Morgan fingerprint density at radius 1 is 0.880 bits per heavy atom. The molecule has 0 unspecified atom stereocenters. The highest BCUT2D eigenvalue weighted by molar-refractivity contribution is 7.94. The number of aromatic nitrogens is 2. The van der Waals surface area contributed by atoms with Crippen molar-refractivity contribution in [3.8, 4) is 28.3 Å². The van der Waals surface area contributed by atoms with Gasteiger partial charge in [0.25, 0.3) is 5.91 Å². The number of carbonyl (C=O) groups excluding carboxylic acids is 1. The molecular formula is C39H41N5O5S. The van der Waals surface area contributed by atoms with Gasteiger partial charge in [0.05, 0.1) is 43.2 Å². The zero-order valence-electron chi connectivity index (χ0n) is 28.4. The Morgan fingerprint density at radius 3 is 2.36 bits per heavy atom. The van der Waals surface area contributed by atoms with Gasteiger partial charge >= 0.3 is 0 Å². The molecule has 0 spiro atoms. The van der Waals surface area contributed by atoms with E-state index in [0.717, 1.165) is 64.1 Å². The van der Waals surface area contributed by atoms with Crippen LogP contribution >= 0.6 is 12.0 Å². The fourth-order valence-electron chi connectivity index (χ4n) is 5.03. The van der Waals surface area contributed by atoms with Crippen LogP contribution in [0.4, 0.5) is 5.82 Å². The lowest BCUT2D eigenvalue weighted by Crippen LogP contribution is -2.34. The van der Waals surface area contributed by atoms with Crippen LogP contribution in [0.2, 0.25) is 0 Å². The summed E-state index contributed by atoms with van der Waals surface area (Å²) in [6.45, 7) is 5.40. The SMILES string of the molecule is COOOSc1ccccc1/C=N/Nc1ccc(C(=O)NCC(C)(C)CCCCOc2cc(-c3ccccc3)cc(-c3ccccc3)n2)cn1. The normalized spacial score (nSPS) is 11.4. The van der Waals surface area contributed by atoms with Crippen molar-refractivity contribution in [3.63, 3.8) is 0 Å². The minimum absolute atomic E-state index is 0.0967. The second-order valence-corrected chi connectivity index (χ2v) is 12.9. The van der Waals surface area contributed by atoms with Gasteiger partial charge in [0.2, 0.25) is 5.88 Å². The number of amides is 1. The smallest absolute Gasteiger partial charge is 0.252 e. The number of rotatable bonds is 18. The molecule has 0 saturated carbocycles. The van der Waals surface area contributed by atoms with Gasteiger partial charge in [0, 0.05) is 34.8 Å². The number of ether oxygens (including phenoxy) is 1. The van der Waals surface area contributed by atoms with Gasteiger partial charge in [0.1, 0.15) is 5.82 Å². The second-order valence-electron chi connectivity index (χ2n) is 12.2. The van der Waals surface area contributed by atoms with E-state index in [1.165, 1.54) is 13.3 Å². The Balaban J connectivity index is 1.06. The van der Waals surface area contributed by atoms with Crippen LogP contribution in [0, 0.1) is 5.41 Å². The van der Waals surface area contributed by atoms with Crippen molar-refractivity contribution in [3.05, 3.63) is 127 Å². The van der Waals surface area contributed by atoms with Crippen molar-refractivity contribution in [2.45, 2.75) is 38.0 Å². The first-order valence-corrected chi connectivity index (χ1v) is 17.1. The molecule has 0 atom stereocenters. The predicted molar refractivity (Wildman–Crippen MR) is 198 cm³/mol. The molecule has 258 valence electrons. The molecule has 11 heteroatoms. The monoisotopic (exact) mass is 691 g/mol. The average molecular weight is 692 g/mol. The summed E-state index contributed by atoms with van der Waals surface area (Å²) < 4.78 is 11.0. The van der Waals surface area contributed by atoms with E-state index in [-0.39, 0.29) is 11.3 Å². The Kier molecular flexibility index (Phi) is 13.5. The highest BCUT2D eigenvalue weighted by Gasteiger charge is 2.19. The quantitative estimate of drug-likeness (QED) is 0.0306. The molecule has 0 fully saturated rings. The van der Waals surface area contributed by atoms with E-state index in [2.05, 4.69) is 74.9 Å². The molecule has 0 saturated heterocycles. The molecule has 1 amide bonds. The van der Waals surface area contributed by atoms with Crippen molar-refractivity contribution < 1.29 is 23.8 Å². The van der Waals surface area contributed by atoms with Crippen LogP contribution in [0.3, 0.4) is 0 Å². The predicted octanol–water partition coefficient (Wildman–Crippen LogP) is 8.78. The first-order valence-electron chi connectivity index (χ1n) is 16.3. The Morgan fingerprint density at radius 2 is 1.62 bits per heavy atom. The number of anilines is 1. The highest BCUT2D eigenvalue weighted by Crippen LogP contribution is 2.29. The van der Waals surface area contributed by atoms with Gasteiger partial charge in [-0.2, -0.15) is 5.10 Å². The van der Waals surface area contributed by atoms with E-state index < -0.39 is 0 Å². The molecule has 0 bridgehead atoms. The molecule has 5 aromatic rings. The average Bonchev–Trinajstić information content (AvgIpc) is 3.15. The van der Waals surface area contributed by atoms with Crippen LogP contribution in [0.15, 0.2) is 125 Å². The molecule has 50 heavy (non-hydrogen) atoms. The van der Waals surface area contributed by atoms with Gasteiger partial charge in [-0.05, 0) is 60.1 Å². The number of pyridine rings is 2. The van der Waals surface area contributed by atoms with Crippen molar-refractivity contribution in [2.75, 3.05) is 25.7 Å². The molecular weight excluding hydrogens is 651 g/mol. The zero-order chi connectivity index (χ0) is 35.0. The van der Waals surface area contributed by atoms with Crippen molar-refractivity contribution in [2.24, 2.45) is 10.5 Å². The molecule has 2 heterocycles. The summed E-state index contributed by atoms with van der Waals surface area (Å²) in [6, 6.07) is 35.4. The zero-order valence-corrected chi connectivity index (χ0v) is 29.2. The van der Waals surface area contributed by atoms with Crippen LogP contribution in [0.1, 0.15) is 49.0 Å². The number of hydrogen-bond acceptors (Lipinski definition) is 10. The van der Waals surface area contributed by atoms with Gasteiger partial charge in [-0.1, -0.05) is 97.7 Å². The summed E-state index contributed by atoms with van der Waals surface area (Å²) in [5.74, 6) is 0.941. The lowest BCUT2D eigenvalue weighted by atomic mass is 9.87. The third-order valence-electron chi connectivity index (χ3n) is 7.75. The third kappa shape index (κ3) is 11.2. The minimum Gasteiger partial charge on any atom is -0.478 e. The molecule has 10 nitrogen and oxygen atoms in total. The molecule has 3 aromatic carbocycles. The van der Waals surface area contributed by atoms with Gasteiger partial charge < -0.3 is 10.1 Å². The summed E-state index contributed by atoms with van der Waals surface area (Å²) >= 11 is 1.000. The summed E-state index contributed by atoms with van der Waals surface area (Å²) in [5.41, 5.74) is 8.18. The van der Waals surface area contributed by atoms with Crippen LogP contribution in [-0.2, 0) is 14.3 Å². The fourth-order valence-corrected chi connectivity index (χ4v) is 5.54. The van der Waals surface area contributed by atoms with Crippen LogP contribution in [0.5, 0.6) is 5.88 Å². The van der Waals surface area contributed by atoms with Gasteiger partial charge in [-0.3, -0.25) is 10.2 Å². The first kappa shape index (κ1) is 36.2. The summed E-state index contributed by atoms with van der Waals surface area (Å²) in [7, 11) is 1.35. The maximum Gasteiger partial charge on any atom is 0.252 e. The number of nitrogens with zero attached hydrogens (tertiary/aromatic N) is 3. The third-order valence-corrected chi connectivity index (χ3v) is 8.43. The molecule has 0 aliphatic heterocycles. The maximum absolute atomic E-state index is 12.9. The number of carbonyl (C=O) groups is 1. The second kappa shape index (κ2) is 18.6. The Hall–Kier alpha value is -5.07. The van der Waals surface area contributed by atoms with Crippen LogP contribution in [0.25, 0.3) is 22.4 Å². The molecule has 0 aliphatic carbocycles. The summed E-state index contributed by atoms with van der Waals surface area (Å²) in [4.78, 5) is 27.2. The lowest BCUT2D eigenvalue weighted by molar-refractivity contribution is -0.447. The molecule has 5 rings (SSSR count). The summed E-state index contributed by atoms with van der Waals surface area (Å²) in [5, 5.41) is 11.8. The first-order chi connectivity index (χ1) is 24.4. The van der Waals surface area contributed by atoms with Gasteiger partial charge in [-0.15, -0.1) is 4.33 Å². The largest absolute Gasteiger partial charge is 0.478 e. The Labute approximate surface area is 297 Å². The number of hydrazone groups is 1. The maximum atomic E-state index is 12.9. The number of benzene rings is 3. The van der Waals surface area contributed by atoms with Crippen LogP contribution in [-0.4, -0.2) is 42.4 Å². The van der Waals surface area contributed by atoms with Crippen molar-refractivity contribution in [1.82, 2.24) is 15.3 Å². The minimum atomic E-state index is -0.174. The number of unbranched alkanes of at least 4 members (excludes halogenated alkanes) is 1. The van der Waals surface area contributed by atoms with Crippen molar-refractivity contribution >= 4 is 30.0 Å². The lowest BCUT2D eigenvalue weighted by Gasteiger charge is -2.25. The summed E-state index contributed by atoms with van der Waals surface area (Å²) in [6.07, 6.45) is 5.91. The van der Waals surface area contributed by atoms with Gasteiger partial charge in [0.15, 0.2) is 0 Å². The molecule has 0 aliphatic rings. The van der Waals surface area contributed by atoms with E-state index >= 15 is 0 Å². The number of hydrogen-bond donors (Lipinski definition) is 2. The molecule has 2 aromatic heterocycles. The van der Waals surface area contributed by atoms with Crippen molar-refractivity contribution in [1.29, 1.82) is 0 Å². The standard InChI is InChI=1S/C39H41N5O5S/c1-39(2,22-12-13-23-47-37-25-33(29-14-6-4-7-15-29)24-34(43-37)30-16-8-5-9-17-30)28-41-38(45)32-20-21-36(40-26-32)44-42-27-31-18-10-11-19-35(31)50-49-48-46-3/h4-11,14-21,24-27H,12-13,22-23,28H2,1-3H3,(H,40,44)(H,41,45)/b42-27+. The fraction of sp³-hybridized carbons (Fsp3) is 0.231. The van der Waals surface area contributed by atoms with E-state index in [1.807, 2.05) is 66.7 Å². The molecule has 0 radical (unpaired) electrons. The van der Waals surface area contributed by atoms with Gasteiger partial charge in [-0.25, -0.2) is 14.9 Å². The van der Waals surface area contributed by atoms with E-state index in [4.69, 9.17) is 14.1 Å².